The fourth-order valence-corrected chi connectivity index (χ4v) is 4.49. The summed E-state index contributed by atoms with van der Waals surface area (Å²) in [4.78, 5) is 12.4. The van der Waals surface area contributed by atoms with E-state index >= 15 is 0 Å². The molecule has 2 heteroatoms. The third-order valence-electron chi connectivity index (χ3n) is 5.79. The number of hydrogen-bond acceptors (Lipinski definition) is 2. The Hall–Kier alpha value is -1.15. The topological polar surface area (TPSA) is 37.3 Å². The molecule has 21 heavy (non-hydrogen) atoms. The molecule has 0 spiro atoms. The first-order chi connectivity index (χ1) is 10.1. The maximum absolute atomic E-state index is 12.4. The smallest absolute Gasteiger partial charge is 0.136 e. The van der Waals surface area contributed by atoms with Gasteiger partial charge in [-0.3, -0.25) is 4.79 Å². The molecule has 2 fully saturated rings. The van der Waals surface area contributed by atoms with Gasteiger partial charge in [0.2, 0.25) is 0 Å². The van der Waals surface area contributed by atoms with Crippen LogP contribution in [0, 0.1) is 23.7 Å². The minimum absolute atomic E-state index is 0.184. The van der Waals surface area contributed by atoms with Gasteiger partial charge in [0.05, 0.1) is 6.10 Å². The SMILES string of the molecule is CC(C(=O)CCC(O)c1ccccc1)C1CC2CCC1C2. The maximum atomic E-state index is 12.4. The first-order valence-corrected chi connectivity index (χ1v) is 8.41. The third kappa shape index (κ3) is 3.21. The van der Waals surface area contributed by atoms with Gasteiger partial charge < -0.3 is 5.11 Å². The highest BCUT2D eigenvalue weighted by Gasteiger charge is 2.43. The summed E-state index contributed by atoms with van der Waals surface area (Å²) in [5.74, 6) is 2.84. The second kappa shape index (κ2) is 6.31. The van der Waals surface area contributed by atoms with Crippen LogP contribution in [0.1, 0.15) is 57.1 Å². The fraction of sp³-hybridized carbons (Fsp3) is 0.632. The summed E-state index contributed by atoms with van der Waals surface area (Å²) in [7, 11) is 0. The van der Waals surface area contributed by atoms with Crippen molar-refractivity contribution >= 4 is 5.78 Å². The van der Waals surface area contributed by atoms with Crippen molar-refractivity contribution in [1.82, 2.24) is 0 Å². The van der Waals surface area contributed by atoms with E-state index in [1.165, 1.54) is 25.7 Å². The number of carbonyl (C=O) groups is 1. The fourth-order valence-electron chi connectivity index (χ4n) is 4.49. The Morgan fingerprint density at radius 1 is 1.24 bits per heavy atom. The lowest BCUT2D eigenvalue weighted by atomic mass is 9.77. The highest BCUT2D eigenvalue weighted by molar-refractivity contribution is 5.81. The Kier molecular flexibility index (Phi) is 4.44. The Balaban J connectivity index is 1.50. The molecule has 2 saturated carbocycles. The summed E-state index contributed by atoms with van der Waals surface area (Å²) in [6.45, 7) is 2.11. The summed E-state index contributed by atoms with van der Waals surface area (Å²) in [5.41, 5.74) is 0.915. The summed E-state index contributed by atoms with van der Waals surface area (Å²) in [6, 6.07) is 9.65. The van der Waals surface area contributed by atoms with Crippen molar-refractivity contribution in [2.45, 2.75) is 51.6 Å². The van der Waals surface area contributed by atoms with Crippen molar-refractivity contribution in [3.05, 3.63) is 35.9 Å². The minimum Gasteiger partial charge on any atom is -0.388 e. The number of rotatable bonds is 6. The molecule has 2 nitrogen and oxygen atoms in total. The van der Waals surface area contributed by atoms with Crippen LogP contribution >= 0.6 is 0 Å². The second-order valence-corrected chi connectivity index (χ2v) is 7.06. The molecule has 1 aromatic rings. The van der Waals surface area contributed by atoms with Crippen molar-refractivity contribution in [2.75, 3.05) is 0 Å². The molecule has 0 aliphatic heterocycles. The first kappa shape index (κ1) is 14.8. The molecule has 1 N–H and O–H groups in total. The lowest BCUT2D eigenvalue weighted by molar-refractivity contribution is -0.125. The zero-order chi connectivity index (χ0) is 14.8. The number of Topliss-reactive ketones (excluding diaryl/α,β-unsaturated/α-hetero) is 1. The average molecular weight is 286 g/mol. The highest BCUT2D eigenvalue weighted by atomic mass is 16.3. The van der Waals surface area contributed by atoms with Crippen LogP contribution in [0.15, 0.2) is 30.3 Å². The van der Waals surface area contributed by atoms with Crippen molar-refractivity contribution in [3.63, 3.8) is 0 Å². The molecule has 114 valence electrons. The molecular weight excluding hydrogens is 260 g/mol. The van der Waals surface area contributed by atoms with E-state index in [1.54, 1.807) is 0 Å². The van der Waals surface area contributed by atoms with Crippen molar-refractivity contribution in [3.8, 4) is 0 Å². The van der Waals surface area contributed by atoms with Gasteiger partial charge in [-0.05, 0) is 49.0 Å². The zero-order valence-electron chi connectivity index (χ0n) is 12.9. The summed E-state index contributed by atoms with van der Waals surface area (Å²) in [6.07, 6.45) is 5.88. The van der Waals surface area contributed by atoms with Gasteiger partial charge in [0.25, 0.3) is 0 Å². The average Bonchev–Trinajstić information content (AvgIpc) is 3.15. The van der Waals surface area contributed by atoms with Crippen molar-refractivity contribution in [1.29, 1.82) is 0 Å². The van der Waals surface area contributed by atoms with Crippen LogP contribution in [0.4, 0.5) is 0 Å². The lowest BCUT2D eigenvalue weighted by Gasteiger charge is -2.27. The lowest BCUT2D eigenvalue weighted by Crippen LogP contribution is -2.25. The number of benzene rings is 1. The van der Waals surface area contributed by atoms with Gasteiger partial charge in [-0.25, -0.2) is 0 Å². The van der Waals surface area contributed by atoms with E-state index < -0.39 is 6.10 Å². The number of hydrogen-bond donors (Lipinski definition) is 1. The molecule has 2 bridgehead atoms. The van der Waals surface area contributed by atoms with Gasteiger partial charge in [-0.15, -0.1) is 0 Å². The van der Waals surface area contributed by atoms with Gasteiger partial charge in [0.1, 0.15) is 5.78 Å². The summed E-state index contributed by atoms with van der Waals surface area (Å²) >= 11 is 0. The van der Waals surface area contributed by atoms with Gasteiger partial charge in [-0.2, -0.15) is 0 Å². The van der Waals surface area contributed by atoms with E-state index in [9.17, 15) is 9.90 Å². The number of aliphatic hydroxyl groups excluding tert-OH is 1. The Bertz CT molecular complexity index is 482. The van der Waals surface area contributed by atoms with Crippen LogP contribution in [0.2, 0.25) is 0 Å². The van der Waals surface area contributed by atoms with E-state index in [0.717, 1.165) is 17.4 Å². The molecule has 5 atom stereocenters. The first-order valence-electron chi connectivity index (χ1n) is 8.41. The minimum atomic E-state index is -0.512. The van der Waals surface area contributed by atoms with Crippen LogP contribution in [0.25, 0.3) is 0 Å². The molecular formula is C19H26O2. The maximum Gasteiger partial charge on any atom is 0.136 e. The number of aliphatic hydroxyl groups is 1. The summed E-state index contributed by atoms with van der Waals surface area (Å²) in [5, 5.41) is 10.2. The third-order valence-corrected chi connectivity index (χ3v) is 5.79. The standard InChI is InChI=1S/C19H26O2/c1-13(17-12-14-7-8-16(17)11-14)18(20)9-10-19(21)15-5-3-2-4-6-15/h2-6,13-14,16-17,19,21H,7-12H2,1H3. The van der Waals surface area contributed by atoms with Crippen molar-refractivity contribution in [2.24, 2.45) is 23.7 Å². The molecule has 1 aromatic carbocycles. The molecule has 3 rings (SSSR count). The second-order valence-electron chi connectivity index (χ2n) is 7.06. The Labute approximate surface area is 127 Å². The molecule has 2 aliphatic rings. The largest absolute Gasteiger partial charge is 0.388 e. The normalized spacial score (nSPS) is 30.3. The Morgan fingerprint density at radius 3 is 2.62 bits per heavy atom. The molecule has 0 radical (unpaired) electrons. The van der Waals surface area contributed by atoms with E-state index in [2.05, 4.69) is 6.92 Å². The molecule has 0 aromatic heterocycles. The molecule has 0 saturated heterocycles. The van der Waals surface area contributed by atoms with Crippen LogP contribution in [-0.4, -0.2) is 10.9 Å². The van der Waals surface area contributed by atoms with E-state index in [1.807, 2.05) is 30.3 Å². The Morgan fingerprint density at radius 2 is 2.00 bits per heavy atom. The predicted molar refractivity (Wildman–Crippen MR) is 83.7 cm³/mol. The van der Waals surface area contributed by atoms with Crippen LogP contribution in [0.3, 0.4) is 0 Å². The summed E-state index contributed by atoms with van der Waals surface area (Å²) < 4.78 is 0. The van der Waals surface area contributed by atoms with Gasteiger partial charge >= 0.3 is 0 Å². The quantitative estimate of drug-likeness (QED) is 0.853. The van der Waals surface area contributed by atoms with E-state index in [0.29, 0.717) is 24.5 Å². The highest BCUT2D eigenvalue weighted by Crippen LogP contribution is 2.51. The van der Waals surface area contributed by atoms with Gasteiger partial charge in [-0.1, -0.05) is 43.7 Å². The van der Waals surface area contributed by atoms with Crippen LogP contribution in [-0.2, 0) is 4.79 Å². The van der Waals surface area contributed by atoms with Crippen molar-refractivity contribution < 1.29 is 9.90 Å². The number of fused-ring (bicyclic) bond motifs is 2. The molecule has 0 heterocycles. The van der Waals surface area contributed by atoms with Crippen LogP contribution in [0.5, 0.6) is 0 Å². The molecule has 2 aliphatic carbocycles. The molecule has 5 unspecified atom stereocenters. The van der Waals surface area contributed by atoms with Gasteiger partial charge in [0.15, 0.2) is 0 Å². The van der Waals surface area contributed by atoms with E-state index in [4.69, 9.17) is 0 Å². The number of ketones is 1. The number of carbonyl (C=O) groups excluding carboxylic acids is 1. The molecule has 0 amide bonds. The predicted octanol–water partition coefficient (Wildman–Crippen LogP) is 4.14. The monoisotopic (exact) mass is 286 g/mol. The van der Waals surface area contributed by atoms with Crippen LogP contribution < -0.4 is 0 Å². The zero-order valence-corrected chi connectivity index (χ0v) is 12.9. The van der Waals surface area contributed by atoms with Gasteiger partial charge in [0, 0.05) is 12.3 Å². The van der Waals surface area contributed by atoms with E-state index in [-0.39, 0.29) is 5.92 Å².